The summed E-state index contributed by atoms with van der Waals surface area (Å²) in [5.74, 6) is 0.847. The molecule has 0 bridgehead atoms. The molecule has 0 saturated heterocycles. The summed E-state index contributed by atoms with van der Waals surface area (Å²) in [6.45, 7) is 0.504. The number of benzene rings is 1. The summed E-state index contributed by atoms with van der Waals surface area (Å²) in [7, 11) is 0. The number of imidazole rings is 1. The van der Waals surface area contributed by atoms with E-state index in [2.05, 4.69) is 15.1 Å². The van der Waals surface area contributed by atoms with Crippen LogP contribution in [0.4, 0.5) is 0 Å². The molecule has 4 rings (SSSR count). The van der Waals surface area contributed by atoms with Gasteiger partial charge < -0.3 is 10.7 Å². The molecule has 0 spiro atoms. The number of primary amides is 1. The molecule has 1 amide bonds. The minimum Gasteiger partial charge on any atom is -0.369 e. The topological polar surface area (TPSA) is 112 Å². The maximum atomic E-state index is 12.3. The van der Waals surface area contributed by atoms with E-state index in [9.17, 15) is 9.59 Å². The summed E-state index contributed by atoms with van der Waals surface area (Å²) >= 11 is 0. The van der Waals surface area contributed by atoms with Crippen LogP contribution in [0.5, 0.6) is 0 Å². The molecule has 8 nitrogen and oxygen atoms in total. The van der Waals surface area contributed by atoms with Gasteiger partial charge in [-0.25, -0.2) is 14.5 Å². The fourth-order valence-electron chi connectivity index (χ4n) is 3.96. The Kier molecular flexibility index (Phi) is 4.79. The molecular weight excluding hydrogens is 344 g/mol. The second-order valence-electron chi connectivity index (χ2n) is 7.17. The molecule has 2 heterocycles. The maximum Gasteiger partial charge on any atom is 0.326 e. The van der Waals surface area contributed by atoms with E-state index in [4.69, 9.17) is 5.73 Å². The first-order chi connectivity index (χ1) is 13.1. The zero-order chi connectivity index (χ0) is 18.8. The first-order valence-corrected chi connectivity index (χ1v) is 9.52. The highest BCUT2D eigenvalue weighted by atomic mass is 16.1. The molecule has 1 aromatic carbocycles. The molecule has 1 aliphatic rings. The van der Waals surface area contributed by atoms with Gasteiger partial charge >= 0.3 is 5.69 Å². The predicted molar refractivity (Wildman–Crippen MR) is 101 cm³/mol. The zero-order valence-electron chi connectivity index (χ0n) is 15.2. The molecule has 0 radical (unpaired) electrons. The van der Waals surface area contributed by atoms with Gasteiger partial charge in [-0.3, -0.25) is 9.36 Å². The Morgan fingerprint density at radius 2 is 2.00 bits per heavy atom. The minimum atomic E-state index is -0.435. The van der Waals surface area contributed by atoms with Crippen molar-refractivity contribution in [2.24, 2.45) is 5.73 Å². The molecule has 142 valence electrons. The molecule has 27 heavy (non-hydrogen) atoms. The van der Waals surface area contributed by atoms with E-state index < -0.39 is 5.91 Å². The molecule has 1 fully saturated rings. The number of nitrogens with one attached hydrogen (secondary N) is 1. The number of rotatable bonds is 6. The quantitative estimate of drug-likeness (QED) is 0.689. The second-order valence-corrected chi connectivity index (χ2v) is 7.17. The molecule has 3 N–H and O–H groups in total. The van der Waals surface area contributed by atoms with Crippen LogP contribution in [0.15, 0.2) is 29.1 Å². The Morgan fingerprint density at radius 1 is 1.22 bits per heavy atom. The number of carbonyl (C=O) groups excluding carboxylic acids is 1. The molecule has 0 atom stereocenters. The third-order valence-electron chi connectivity index (χ3n) is 5.24. The lowest BCUT2D eigenvalue weighted by molar-refractivity contribution is -0.117. The van der Waals surface area contributed by atoms with Gasteiger partial charge in [-0.1, -0.05) is 31.4 Å². The standard InChI is InChI=1S/C19H24N6O2/c20-16(26)12-17-22-18(25(23-17)13-6-2-1-3-7-13)10-11-24-15-9-5-4-8-14(15)21-19(24)27/h4-5,8-9,13H,1-3,6-7,10-12H2,(H2,20,26)(H,21,27). The van der Waals surface area contributed by atoms with Gasteiger partial charge in [-0.2, -0.15) is 5.10 Å². The Hall–Kier alpha value is -2.90. The summed E-state index contributed by atoms with van der Waals surface area (Å²) < 4.78 is 3.69. The van der Waals surface area contributed by atoms with E-state index in [1.807, 2.05) is 28.9 Å². The highest BCUT2D eigenvalue weighted by Gasteiger charge is 2.22. The number of aryl methyl sites for hydroxylation is 2. The normalized spacial score (nSPS) is 15.4. The highest BCUT2D eigenvalue weighted by molar-refractivity contribution is 5.75. The van der Waals surface area contributed by atoms with E-state index >= 15 is 0 Å². The predicted octanol–water partition coefficient (Wildman–Crippen LogP) is 1.70. The van der Waals surface area contributed by atoms with Crippen LogP contribution in [0, 0.1) is 0 Å². The number of fused-ring (bicyclic) bond motifs is 1. The largest absolute Gasteiger partial charge is 0.369 e. The van der Waals surface area contributed by atoms with Crippen LogP contribution in [0.25, 0.3) is 11.0 Å². The molecule has 0 aliphatic heterocycles. The van der Waals surface area contributed by atoms with Gasteiger partial charge in [-0.15, -0.1) is 0 Å². The fraction of sp³-hybridized carbons (Fsp3) is 0.474. The van der Waals surface area contributed by atoms with Crippen molar-refractivity contribution < 1.29 is 4.79 Å². The lowest BCUT2D eigenvalue weighted by atomic mass is 9.95. The van der Waals surface area contributed by atoms with Gasteiger partial charge in [-0.05, 0) is 25.0 Å². The van der Waals surface area contributed by atoms with Crippen molar-refractivity contribution in [1.82, 2.24) is 24.3 Å². The Labute approximate surface area is 156 Å². The third kappa shape index (κ3) is 3.65. The number of para-hydroxylation sites is 2. The summed E-state index contributed by atoms with van der Waals surface area (Å²) in [6.07, 6.45) is 6.36. The zero-order valence-corrected chi connectivity index (χ0v) is 15.2. The average molecular weight is 368 g/mol. The van der Waals surface area contributed by atoms with E-state index in [-0.39, 0.29) is 12.1 Å². The van der Waals surface area contributed by atoms with Crippen LogP contribution in [0.3, 0.4) is 0 Å². The van der Waals surface area contributed by atoms with E-state index in [0.29, 0.717) is 24.8 Å². The molecule has 8 heteroatoms. The van der Waals surface area contributed by atoms with Crippen LogP contribution in [-0.2, 0) is 24.2 Å². The summed E-state index contributed by atoms with van der Waals surface area (Å²) in [6, 6.07) is 7.95. The van der Waals surface area contributed by atoms with Crippen molar-refractivity contribution in [1.29, 1.82) is 0 Å². The van der Waals surface area contributed by atoms with Gasteiger partial charge in [0.25, 0.3) is 0 Å². The summed E-state index contributed by atoms with van der Waals surface area (Å²) in [5, 5.41) is 4.57. The molecule has 0 unspecified atom stereocenters. The summed E-state index contributed by atoms with van der Waals surface area (Å²) in [5.41, 5.74) is 6.89. The average Bonchev–Trinajstić information content (AvgIpc) is 3.20. The number of hydrogen-bond acceptors (Lipinski definition) is 4. The molecule has 1 saturated carbocycles. The Bertz CT molecular complexity index is 1010. The number of amides is 1. The monoisotopic (exact) mass is 368 g/mol. The third-order valence-corrected chi connectivity index (χ3v) is 5.24. The number of H-pyrrole nitrogens is 1. The van der Waals surface area contributed by atoms with Crippen LogP contribution >= 0.6 is 0 Å². The molecular formula is C19H24N6O2. The van der Waals surface area contributed by atoms with E-state index in [1.165, 1.54) is 19.3 Å². The van der Waals surface area contributed by atoms with Crippen molar-refractivity contribution >= 4 is 16.9 Å². The fourth-order valence-corrected chi connectivity index (χ4v) is 3.96. The van der Waals surface area contributed by atoms with Crippen molar-refractivity contribution in [3.05, 3.63) is 46.4 Å². The van der Waals surface area contributed by atoms with Crippen molar-refractivity contribution in [2.75, 3.05) is 0 Å². The number of nitrogens with two attached hydrogens (primary N) is 1. The first kappa shape index (κ1) is 17.5. The molecule has 1 aliphatic carbocycles. The van der Waals surface area contributed by atoms with Crippen molar-refractivity contribution in [2.45, 2.75) is 57.5 Å². The van der Waals surface area contributed by atoms with Crippen molar-refractivity contribution in [3.8, 4) is 0 Å². The second kappa shape index (κ2) is 7.38. The van der Waals surface area contributed by atoms with Gasteiger partial charge in [0.05, 0.1) is 23.5 Å². The lowest BCUT2D eigenvalue weighted by Gasteiger charge is -2.23. The van der Waals surface area contributed by atoms with Crippen LogP contribution in [-0.4, -0.2) is 30.2 Å². The highest BCUT2D eigenvalue weighted by Crippen LogP contribution is 2.28. The number of aromatic amines is 1. The first-order valence-electron chi connectivity index (χ1n) is 9.52. The Morgan fingerprint density at radius 3 is 2.78 bits per heavy atom. The number of nitrogens with zero attached hydrogens (tertiary/aromatic N) is 4. The van der Waals surface area contributed by atoms with E-state index in [0.717, 1.165) is 29.7 Å². The van der Waals surface area contributed by atoms with Crippen LogP contribution in [0.1, 0.15) is 49.8 Å². The number of aromatic nitrogens is 5. The van der Waals surface area contributed by atoms with Gasteiger partial charge in [0.15, 0.2) is 5.82 Å². The van der Waals surface area contributed by atoms with Gasteiger partial charge in [0.1, 0.15) is 5.82 Å². The van der Waals surface area contributed by atoms with Crippen LogP contribution in [0.2, 0.25) is 0 Å². The Balaban J connectivity index is 1.61. The van der Waals surface area contributed by atoms with E-state index in [1.54, 1.807) is 4.57 Å². The lowest BCUT2D eigenvalue weighted by Crippen LogP contribution is -2.21. The van der Waals surface area contributed by atoms with Crippen LogP contribution < -0.4 is 11.4 Å². The maximum absolute atomic E-state index is 12.3. The van der Waals surface area contributed by atoms with Crippen molar-refractivity contribution in [3.63, 3.8) is 0 Å². The molecule has 3 aromatic rings. The summed E-state index contributed by atoms with van der Waals surface area (Å²) in [4.78, 5) is 31.0. The SMILES string of the molecule is NC(=O)Cc1nc(CCn2c(=O)[nH]c3ccccc32)n(C2CCCCC2)n1. The van der Waals surface area contributed by atoms with Gasteiger partial charge in [0.2, 0.25) is 5.91 Å². The van der Waals surface area contributed by atoms with Gasteiger partial charge in [0, 0.05) is 13.0 Å². The number of carbonyl (C=O) groups is 1. The molecule has 2 aromatic heterocycles. The minimum absolute atomic E-state index is 0.0414. The number of hydrogen-bond donors (Lipinski definition) is 2. The smallest absolute Gasteiger partial charge is 0.326 e.